The molecular formula is C6H12N2S. The van der Waals surface area contributed by atoms with Crippen LogP contribution in [0.25, 0.3) is 0 Å². The standard InChI is InChI=1S/C6H12N2S/c1-2-4-6-5(3-1)7-9-8-6/h5-8H,1-4H2/t5-,6+. The van der Waals surface area contributed by atoms with Crippen molar-refractivity contribution in [3.63, 3.8) is 0 Å². The van der Waals surface area contributed by atoms with Crippen LogP contribution in [0.15, 0.2) is 0 Å². The first-order valence-corrected chi connectivity index (χ1v) is 4.45. The van der Waals surface area contributed by atoms with E-state index in [9.17, 15) is 0 Å². The molecule has 52 valence electrons. The van der Waals surface area contributed by atoms with E-state index in [0.29, 0.717) is 0 Å². The summed E-state index contributed by atoms with van der Waals surface area (Å²) in [5.41, 5.74) is 0. The normalized spacial score (nSPS) is 42.7. The molecule has 1 saturated heterocycles. The van der Waals surface area contributed by atoms with E-state index in [0.717, 1.165) is 12.1 Å². The van der Waals surface area contributed by atoms with Crippen LogP contribution >= 0.6 is 12.1 Å². The van der Waals surface area contributed by atoms with E-state index >= 15 is 0 Å². The summed E-state index contributed by atoms with van der Waals surface area (Å²) in [6.45, 7) is 0. The van der Waals surface area contributed by atoms with E-state index in [1.807, 2.05) is 0 Å². The zero-order valence-electron chi connectivity index (χ0n) is 5.39. The second-order valence-corrected chi connectivity index (χ2v) is 3.51. The Kier molecular flexibility index (Phi) is 1.66. The Hall–Kier alpha value is 0.270. The van der Waals surface area contributed by atoms with Gasteiger partial charge in [-0.05, 0) is 12.8 Å². The molecule has 2 atom stereocenters. The molecule has 1 saturated carbocycles. The lowest BCUT2D eigenvalue weighted by Crippen LogP contribution is -2.36. The molecule has 0 radical (unpaired) electrons. The fraction of sp³-hybridized carbons (Fsp3) is 1.00. The van der Waals surface area contributed by atoms with Crippen LogP contribution in [0.5, 0.6) is 0 Å². The van der Waals surface area contributed by atoms with Gasteiger partial charge < -0.3 is 0 Å². The summed E-state index contributed by atoms with van der Waals surface area (Å²) in [6.07, 6.45) is 5.56. The van der Waals surface area contributed by atoms with Crippen molar-refractivity contribution in [2.75, 3.05) is 0 Å². The molecule has 2 aliphatic rings. The Balaban J connectivity index is 1.97. The van der Waals surface area contributed by atoms with Gasteiger partial charge in [0.2, 0.25) is 0 Å². The van der Waals surface area contributed by atoms with Gasteiger partial charge in [0.1, 0.15) is 0 Å². The Morgan fingerprint density at radius 3 is 2.11 bits per heavy atom. The first-order valence-electron chi connectivity index (χ1n) is 3.64. The zero-order valence-corrected chi connectivity index (χ0v) is 6.21. The largest absolute Gasteiger partial charge is 0.246 e. The molecular weight excluding hydrogens is 132 g/mol. The summed E-state index contributed by atoms with van der Waals surface area (Å²) in [4.78, 5) is 0. The summed E-state index contributed by atoms with van der Waals surface area (Å²) < 4.78 is 6.73. The molecule has 3 heteroatoms. The average molecular weight is 144 g/mol. The molecule has 2 fully saturated rings. The van der Waals surface area contributed by atoms with Crippen molar-refractivity contribution in [3.8, 4) is 0 Å². The highest BCUT2D eigenvalue weighted by Gasteiger charge is 2.29. The van der Waals surface area contributed by atoms with Crippen molar-refractivity contribution >= 4 is 12.1 Å². The van der Waals surface area contributed by atoms with Crippen LogP contribution in [-0.2, 0) is 0 Å². The lowest BCUT2D eigenvalue weighted by atomic mass is 9.92. The van der Waals surface area contributed by atoms with E-state index in [1.54, 1.807) is 12.1 Å². The van der Waals surface area contributed by atoms with E-state index in [-0.39, 0.29) is 0 Å². The highest BCUT2D eigenvalue weighted by molar-refractivity contribution is 7.95. The third-order valence-electron chi connectivity index (χ3n) is 2.19. The second-order valence-electron chi connectivity index (χ2n) is 2.84. The SMILES string of the molecule is C1CC[C@H]2NSN[C@H]2C1. The van der Waals surface area contributed by atoms with E-state index in [2.05, 4.69) is 9.44 Å². The predicted octanol–water partition coefficient (Wildman–Crippen LogP) is 1.05. The van der Waals surface area contributed by atoms with Crippen LogP contribution in [0.3, 0.4) is 0 Å². The molecule has 0 amide bonds. The van der Waals surface area contributed by atoms with Crippen LogP contribution in [0, 0.1) is 0 Å². The second kappa shape index (κ2) is 2.48. The van der Waals surface area contributed by atoms with Crippen molar-refractivity contribution in [1.82, 2.24) is 9.44 Å². The van der Waals surface area contributed by atoms with Gasteiger partial charge in [-0.2, -0.15) is 0 Å². The Morgan fingerprint density at radius 2 is 1.56 bits per heavy atom. The molecule has 1 aliphatic carbocycles. The zero-order chi connectivity index (χ0) is 6.10. The maximum atomic E-state index is 3.36. The first kappa shape index (κ1) is 6.01. The van der Waals surface area contributed by atoms with E-state index in [4.69, 9.17) is 0 Å². The summed E-state index contributed by atoms with van der Waals surface area (Å²) in [5, 5.41) is 0. The number of fused-ring (bicyclic) bond motifs is 1. The number of hydrogen-bond donors (Lipinski definition) is 2. The average Bonchev–Trinajstić information content (AvgIpc) is 2.33. The van der Waals surface area contributed by atoms with E-state index < -0.39 is 0 Å². The van der Waals surface area contributed by atoms with Gasteiger partial charge in [-0.3, -0.25) is 0 Å². The van der Waals surface area contributed by atoms with Gasteiger partial charge in [0.25, 0.3) is 0 Å². The number of nitrogens with one attached hydrogen (secondary N) is 2. The molecule has 1 aliphatic heterocycles. The first-order chi connectivity index (χ1) is 4.47. The van der Waals surface area contributed by atoms with Crippen molar-refractivity contribution in [2.24, 2.45) is 0 Å². The maximum absolute atomic E-state index is 3.36. The van der Waals surface area contributed by atoms with Gasteiger partial charge >= 0.3 is 0 Å². The van der Waals surface area contributed by atoms with Crippen LogP contribution in [0.1, 0.15) is 25.7 Å². The van der Waals surface area contributed by atoms with Crippen molar-refractivity contribution in [1.29, 1.82) is 0 Å². The monoisotopic (exact) mass is 144 g/mol. The fourth-order valence-electron chi connectivity index (χ4n) is 1.60. The van der Waals surface area contributed by atoms with Crippen LogP contribution in [-0.4, -0.2) is 12.1 Å². The molecule has 2 N–H and O–H groups in total. The molecule has 0 unspecified atom stereocenters. The smallest absolute Gasteiger partial charge is 0.0346 e. The van der Waals surface area contributed by atoms with Crippen LogP contribution < -0.4 is 9.44 Å². The quantitative estimate of drug-likeness (QED) is 0.497. The minimum absolute atomic E-state index is 0.767. The van der Waals surface area contributed by atoms with Gasteiger partial charge in [-0.15, -0.1) is 0 Å². The highest BCUT2D eigenvalue weighted by atomic mass is 32.2. The maximum Gasteiger partial charge on any atom is 0.0346 e. The molecule has 2 rings (SSSR count). The van der Waals surface area contributed by atoms with Gasteiger partial charge in [0.05, 0.1) is 0 Å². The third-order valence-corrected chi connectivity index (χ3v) is 3.03. The summed E-state index contributed by atoms with van der Waals surface area (Å²) in [5.74, 6) is 0. The molecule has 0 aromatic carbocycles. The molecule has 0 spiro atoms. The minimum Gasteiger partial charge on any atom is -0.246 e. The Labute approximate surface area is 60.0 Å². The molecule has 0 bridgehead atoms. The molecule has 2 nitrogen and oxygen atoms in total. The number of hydrogen-bond acceptors (Lipinski definition) is 3. The van der Waals surface area contributed by atoms with Crippen molar-refractivity contribution in [2.45, 2.75) is 37.8 Å². The third kappa shape index (κ3) is 1.09. The number of rotatable bonds is 0. The predicted molar refractivity (Wildman–Crippen MR) is 39.9 cm³/mol. The van der Waals surface area contributed by atoms with Crippen molar-refractivity contribution < 1.29 is 0 Å². The lowest BCUT2D eigenvalue weighted by Gasteiger charge is -2.22. The lowest BCUT2D eigenvalue weighted by molar-refractivity contribution is 0.374. The van der Waals surface area contributed by atoms with Crippen LogP contribution in [0.2, 0.25) is 0 Å². The minimum atomic E-state index is 0.767. The molecule has 9 heavy (non-hydrogen) atoms. The summed E-state index contributed by atoms with van der Waals surface area (Å²) in [7, 11) is 0. The van der Waals surface area contributed by atoms with Gasteiger partial charge in [-0.1, -0.05) is 12.8 Å². The molecule has 0 aromatic rings. The highest BCUT2D eigenvalue weighted by Crippen LogP contribution is 2.24. The fourth-order valence-corrected chi connectivity index (χ4v) is 2.53. The Bertz CT molecular complexity index is 95.2. The Morgan fingerprint density at radius 1 is 1.00 bits per heavy atom. The van der Waals surface area contributed by atoms with Gasteiger partial charge in [0, 0.05) is 24.2 Å². The topological polar surface area (TPSA) is 24.1 Å². The summed E-state index contributed by atoms with van der Waals surface area (Å²) >= 11 is 1.68. The van der Waals surface area contributed by atoms with Gasteiger partial charge in [0.15, 0.2) is 0 Å². The summed E-state index contributed by atoms with van der Waals surface area (Å²) in [6, 6.07) is 1.53. The van der Waals surface area contributed by atoms with Crippen molar-refractivity contribution in [3.05, 3.63) is 0 Å². The van der Waals surface area contributed by atoms with E-state index in [1.165, 1.54) is 25.7 Å². The molecule has 1 heterocycles. The van der Waals surface area contributed by atoms with Crippen LogP contribution in [0.4, 0.5) is 0 Å². The van der Waals surface area contributed by atoms with Gasteiger partial charge in [-0.25, -0.2) is 9.44 Å². The molecule has 0 aromatic heterocycles.